The molecule has 0 unspecified atom stereocenters. The zero-order valence-corrected chi connectivity index (χ0v) is 15.7. The summed E-state index contributed by atoms with van der Waals surface area (Å²) in [6.45, 7) is 9.99. The highest BCUT2D eigenvalue weighted by Crippen LogP contribution is 2.25. The second-order valence-electron chi connectivity index (χ2n) is 6.75. The number of ether oxygens (including phenoxy) is 1. The predicted molar refractivity (Wildman–Crippen MR) is 98.8 cm³/mol. The fourth-order valence-corrected chi connectivity index (χ4v) is 3.42. The van der Waals surface area contributed by atoms with Gasteiger partial charge in [0.05, 0.1) is 19.3 Å². The summed E-state index contributed by atoms with van der Waals surface area (Å²) in [6, 6.07) is 0. The van der Waals surface area contributed by atoms with E-state index in [1.54, 1.807) is 17.9 Å². The number of anilines is 1. The number of methoxy groups -OCH3 is 1. The van der Waals surface area contributed by atoms with E-state index in [-0.39, 0.29) is 5.56 Å². The molecule has 0 radical (unpaired) electrons. The van der Waals surface area contributed by atoms with Gasteiger partial charge in [0.25, 0.3) is 5.56 Å². The molecule has 0 atom stereocenters. The van der Waals surface area contributed by atoms with Crippen molar-refractivity contribution in [1.82, 2.24) is 14.5 Å². The smallest absolute Gasteiger partial charge is 0.258 e. The minimum Gasteiger partial charge on any atom is -0.496 e. The number of rotatable bonds is 4. The topological polar surface area (TPSA) is 60.2 Å². The van der Waals surface area contributed by atoms with Crippen molar-refractivity contribution in [3.63, 3.8) is 0 Å². The minimum atomic E-state index is 0.00939. The summed E-state index contributed by atoms with van der Waals surface area (Å²) in [4.78, 5) is 24.4. The SMILES string of the molecule is COc1c(C)cnc(Cn2c(N3CCCC3)nc(C)c(C)c2=O)c1C. The van der Waals surface area contributed by atoms with Crippen LogP contribution in [0.3, 0.4) is 0 Å². The summed E-state index contributed by atoms with van der Waals surface area (Å²) in [6.07, 6.45) is 4.08. The third-order valence-electron chi connectivity index (χ3n) is 5.06. The maximum absolute atomic E-state index is 12.9. The lowest BCUT2D eigenvalue weighted by atomic mass is 10.1. The van der Waals surface area contributed by atoms with Crippen LogP contribution >= 0.6 is 0 Å². The fourth-order valence-electron chi connectivity index (χ4n) is 3.42. The standard InChI is InChI=1S/C19H26N4O2/c1-12-10-20-16(14(3)17(12)25-5)11-23-18(24)13(2)15(4)21-19(23)22-8-6-7-9-22/h10H,6-9,11H2,1-5H3. The van der Waals surface area contributed by atoms with Crippen LogP contribution in [0.5, 0.6) is 5.75 Å². The second-order valence-corrected chi connectivity index (χ2v) is 6.75. The molecule has 0 aromatic carbocycles. The van der Waals surface area contributed by atoms with Crippen molar-refractivity contribution >= 4 is 5.95 Å². The second kappa shape index (κ2) is 6.86. The van der Waals surface area contributed by atoms with Gasteiger partial charge in [0.2, 0.25) is 5.95 Å². The number of aromatic nitrogens is 3. The molecule has 0 saturated carbocycles. The molecule has 25 heavy (non-hydrogen) atoms. The van der Waals surface area contributed by atoms with Crippen LogP contribution in [0, 0.1) is 27.7 Å². The fraction of sp³-hybridized carbons (Fsp3) is 0.526. The zero-order chi connectivity index (χ0) is 18.1. The molecule has 6 nitrogen and oxygen atoms in total. The van der Waals surface area contributed by atoms with Gasteiger partial charge in [-0.05, 0) is 40.5 Å². The third kappa shape index (κ3) is 3.13. The van der Waals surface area contributed by atoms with Gasteiger partial charge in [-0.25, -0.2) is 4.98 Å². The van der Waals surface area contributed by atoms with Crippen LogP contribution in [0.1, 0.15) is 40.9 Å². The van der Waals surface area contributed by atoms with Crippen molar-refractivity contribution in [3.05, 3.63) is 44.6 Å². The van der Waals surface area contributed by atoms with E-state index < -0.39 is 0 Å². The van der Waals surface area contributed by atoms with Gasteiger partial charge in [-0.1, -0.05) is 0 Å². The Labute approximate surface area is 148 Å². The average Bonchev–Trinajstić information content (AvgIpc) is 3.12. The number of aryl methyl sites for hydroxylation is 2. The first kappa shape index (κ1) is 17.5. The Morgan fingerprint density at radius 3 is 2.44 bits per heavy atom. The largest absolute Gasteiger partial charge is 0.496 e. The molecular weight excluding hydrogens is 316 g/mol. The molecule has 1 fully saturated rings. The van der Waals surface area contributed by atoms with Gasteiger partial charge in [0.1, 0.15) is 5.75 Å². The quantitative estimate of drug-likeness (QED) is 0.854. The van der Waals surface area contributed by atoms with E-state index in [0.717, 1.165) is 60.1 Å². The van der Waals surface area contributed by atoms with Gasteiger partial charge in [0, 0.05) is 41.7 Å². The molecule has 0 aliphatic carbocycles. The molecule has 1 aliphatic heterocycles. The Morgan fingerprint density at radius 2 is 1.80 bits per heavy atom. The van der Waals surface area contributed by atoms with E-state index in [0.29, 0.717) is 12.1 Å². The summed E-state index contributed by atoms with van der Waals surface area (Å²) in [5, 5.41) is 0. The highest BCUT2D eigenvalue weighted by atomic mass is 16.5. The van der Waals surface area contributed by atoms with E-state index in [9.17, 15) is 4.79 Å². The first-order valence-electron chi connectivity index (χ1n) is 8.76. The van der Waals surface area contributed by atoms with Crippen molar-refractivity contribution in [3.8, 4) is 5.75 Å². The first-order valence-corrected chi connectivity index (χ1v) is 8.76. The summed E-state index contributed by atoms with van der Waals surface area (Å²) in [7, 11) is 1.67. The molecule has 0 spiro atoms. The maximum Gasteiger partial charge on any atom is 0.258 e. The maximum atomic E-state index is 12.9. The van der Waals surface area contributed by atoms with Gasteiger partial charge in [-0.2, -0.15) is 0 Å². The lowest BCUT2D eigenvalue weighted by Crippen LogP contribution is -2.33. The highest BCUT2D eigenvalue weighted by Gasteiger charge is 2.21. The van der Waals surface area contributed by atoms with E-state index in [2.05, 4.69) is 9.88 Å². The number of nitrogens with zero attached hydrogens (tertiary/aromatic N) is 4. The van der Waals surface area contributed by atoms with Crippen LogP contribution in [-0.4, -0.2) is 34.7 Å². The summed E-state index contributed by atoms with van der Waals surface area (Å²) < 4.78 is 7.27. The molecule has 3 heterocycles. The third-order valence-corrected chi connectivity index (χ3v) is 5.06. The molecule has 2 aromatic rings. The van der Waals surface area contributed by atoms with Crippen LogP contribution in [0.4, 0.5) is 5.95 Å². The Bertz CT molecular complexity index is 851. The van der Waals surface area contributed by atoms with Crippen molar-refractivity contribution < 1.29 is 4.74 Å². The Kier molecular flexibility index (Phi) is 4.79. The average molecular weight is 342 g/mol. The van der Waals surface area contributed by atoms with Gasteiger partial charge < -0.3 is 9.64 Å². The van der Waals surface area contributed by atoms with Crippen molar-refractivity contribution in [2.24, 2.45) is 0 Å². The van der Waals surface area contributed by atoms with Gasteiger partial charge in [-0.3, -0.25) is 14.3 Å². The number of hydrogen-bond acceptors (Lipinski definition) is 5. The Hall–Kier alpha value is -2.37. The molecule has 0 N–H and O–H groups in total. The van der Waals surface area contributed by atoms with Gasteiger partial charge in [-0.15, -0.1) is 0 Å². The molecule has 3 rings (SSSR count). The van der Waals surface area contributed by atoms with Crippen molar-refractivity contribution in [2.45, 2.75) is 47.1 Å². The van der Waals surface area contributed by atoms with E-state index in [1.807, 2.05) is 27.7 Å². The lowest BCUT2D eigenvalue weighted by Gasteiger charge is -2.23. The van der Waals surface area contributed by atoms with Gasteiger partial charge >= 0.3 is 0 Å². The molecule has 134 valence electrons. The normalized spacial score (nSPS) is 14.2. The van der Waals surface area contributed by atoms with E-state index >= 15 is 0 Å². The van der Waals surface area contributed by atoms with Crippen LogP contribution < -0.4 is 15.2 Å². The summed E-state index contributed by atoms with van der Waals surface area (Å²) in [5.41, 5.74) is 4.31. The monoisotopic (exact) mass is 342 g/mol. The molecule has 0 amide bonds. The minimum absolute atomic E-state index is 0.00939. The zero-order valence-electron chi connectivity index (χ0n) is 15.7. The summed E-state index contributed by atoms with van der Waals surface area (Å²) in [5.74, 6) is 1.59. The number of pyridine rings is 1. The first-order chi connectivity index (χ1) is 11.9. The highest BCUT2D eigenvalue weighted by molar-refractivity contribution is 5.42. The van der Waals surface area contributed by atoms with Crippen molar-refractivity contribution in [2.75, 3.05) is 25.1 Å². The van der Waals surface area contributed by atoms with E-state index in [1.165, 1.54) is 0 Å². The van der Waals surface area contributed by atoms with Crippen LogP contribution in [-0.2, 0) is 6.54 Å². The lowest BCUT2D eigenvalue weighted by molar-refractivity contribution is 0.406. The number of hydrogen-bond donors (Lipinski definition) is 0. The summed E-state index contributed by atoms with van der Waals surface area (Å²) >= 11 is 0. The van der Waals surface area contributed by atoms with Crippen LogP contribution in [0.25, 0.3) is 0 Å². The molecule has 6 heteroatoms. The molecular formula is C19H26N4O2. The Balaban J connectivity index is 2.11. The molecule has 1 aliphatic rings. The van der Waals surface area contributed by atoms with E-state index in [4.69, 9.17) is 9.72 Å². The Morgan fingerprint density at radius 1 is 1.12 bits per heavy atom. The van der Waals surface area contributed by atoms with Gasteiger partial charge in [0.15, 0.2) is 0 Å². The molecule has 2 aromatic heterocycles. The molecule has 1 saturated heterocycles. The predicted octanol–water partition coefficient (Wildman–Crippen LogP) is 2.53. The van der Waals surface area contributed by atoms with Crippen LogP contribution in [0.15, 0.2) is 11.0 Å². The van der Waals surface area contributed by atoms with Crippen LogP contribution in [0.2, 0.25) is 0 Å². The molecule has 0 bridgehead atoms. The van der Waals surface area contributed by atoms with Crippen molar-refractivity contribution in [1.29, 1.82) is 0 Å².